The number of unbranched alkanes of at least 4 members (excludes halogenated alkanes) is 1. The Kier molecular flexibility index (Phi) is 9.09. The third-order valence-electron chi connectivity index (χ3n) is 5.44. The van der Waals surface area contributed by atoms with E-state index in [1.54, 1.807) is 41.3 Å². The highest BCUT2D eigenvalue weighted by Gasteiger charge is 2.22. The number of piperidine rings is 1. The summed E-state index contributed by atoms with van der Waals surface area (Å²) in [7, 11) is 0. The van der Waals surface area contributed by atoms with Crippen molar-refractivity contribution in [3.63, 3.8) is 0 Å². The normalized spacial score (nSPS) is 14.5. The van der Waals surface area contributed by atoms with Gasteiger partial charge >= 0.3 is 6.03 Å². The van der Waals surface area contributed by atoms with Gasteiger partial charge in [0.15, 0.2) is 0 Å². The molecule has 1 aliphatic heterocycles. The van der Waals surface area contributed by atoms with Crippen molar-refractivity contribution in [2.75, 3.05) is 28.6 Å². The molecule has 2 aromatic carbocycles. The molecule has 0 radical (unpaired) electrons. The molecule has 176 valence electrons. The molecule has 4 amide bonds. The number of carbonyl (C=O) groups is 3. The zero-order valence-corrected chi connectivity index (χ0v) is 19.2. The molecule has 1 fully saturated rings. The molecule has 1 saturated heterocycles. The molecule has 0 bridgehead atoms. The molecule has 0 aliphatic carbocycles. The van der Waals surface area contributed by atoms with Crippen LogP contribution in [-0.2, 0) is 9.59 Å². The van der Waals surface area contributed by atoms with Crippen LogP contribution >= 0.6 is 11.6 Å². The topological polar surface area (TPSA) is 117 Å². The van der Waals surface area contributed by atoms with Crippen LogP contribution in [0.2, 0.25) is 5.02 Å². The van der Waals surface area contributed by atoms with Crippen LogP contribution in [0.3, 0.4) is 0 Å². The monoisotopic (exact) mass is 471 g/mol. The summed E-state index contributed by atoms with van der Waals surface area (Å²) < 4.78 is 0. The van der Waals surface area contributed by atoms with Gasteiger partial charge in [0, 0.05) is 35.1 Å². The maximum absolute atomic E-state index is 12.9. The van der Waals surface area contributed by atoms with Gasteiger partial charge in [-0.1, -0.05) is 11.6 Å². The summed E-state index contributed by atoms with van der Waals surface area (Å²) >= 11 is 5.87. The molecule has 5 N–H and O–H groups in total. The van der Waals surface area contributed by atoms with Crippen molar-refractivity contribution < 1.29 is 14.4 Å². The van der Waals surface area contributed by atoms with Crippen molar-refractivity contribution in [3.8, 4) is 0 Å². The number of benzene rings is 2. The Bertz CT molecular complexity index is 950. The number of hydrogen-bond donors (Lipinski definition) is 4. The molecular weight excluding hydrogens is 442 g/mol. The average Bonchev–Trinajstić information content (AvgIpc) is 2.81. The summed E-state index contributed by atoms with van der Waals surface area (Å²) in [6.45, 7) is 1.22. The Morgan fingerprint density at radius 3 is 2.30 bits per heavy atom. The van der Waals surface area contributed by atoms with Crippen molar-refractivity contribution in [3.05, 3.63) is 53.6 Å². The number of nitrogens with two attached hydrogens (primary N) is 1. The summed E-state index contributed by atoms with van der Waals surface area (Å²) in [5.41, 5.74) is 7.56. The maximum Gasteiger partial charge on any atom is 0.319 e. The molecule has 8 nitrogen and oxygen atoms in total. The van der Waals surface area contributed by atoms with Gasteiger partial charge < -0.3 is 26.6 Å². The van der Waals surface area contributed by atoms with E-state index in [2.05, 4.69) is 16.0 Å². The number of hydrogen-bond acceptors (Lipinski definition) is 4. The number of carbonyl (C=O) groups excluding carboxylic acids is 3. The lowest BCUT2D eigenvalue weighted by atomic mass is 10.1. The fourth-order valence-corrected chi connectivity index (χ4v) is 3.78. The Balaban J connectivity index is 1.61. The van der Waals surface area contributed by atoms with E-state index >= 15 is 0 Å². The summed E-state index contributed by atoms with van der Waals surface area (Å²) in [6.07, 6.45) is 4.38. The van der Waals surface area contributed by atoms with Gasteiger partial charge in [0.1, 0.15) is 6.04 Å². The minimum atomic E-state index is -0.729. The van der Waals surface area contributed by atoms with Gasteiger partial charge in [-0.3, -0.25) is 9.59 Å². The number of anilines is 3. The Hall–Kier alpha value is -3.10. The van der Waals surface area contributed by atoms with E-state index < -0.39 is 12.1 Å². The van der Waals surface area contributed by atoms with Gasteiger partial charge in [0.25, 0.3) is 0 Å². The van der Waals surface area contributed by atoms with Crippen LogP contribution in [0.4, 0.5) is 21.9 Å². The highest BCUT2D eigenvalue weighted by atomic mass is 35.5. The van der Waals surface area contributed by atoms with Crippen molar-refractivity contribution in [2.24, 2.45) is 5.73 Å². The lowest BCUT2D eigenvalue weighted by molar-refractivity contribution is -0.119. The molecule has 1 unspecified atom stereocenters. The number of nitrogens with one attached hydrogen (secondary N) is 3. The summed E-state index contributed by atoms with van der Waals surface area (Å²) in [5.74, 6) is -0.200. The van der Waals surface area contributed by atoms with E-state index in [-0.39, 0.29) is 11.8 Å². The molecule has 1 atom stereocenters. The lowest BCUT2D eigenvalue weighted by Gasteiger charge is -2.27. The molecule has 1 aliphatic rings. The van der Waals surface area contributed by atoms with Crippen molar-refractivity contribution in [1.29, 1.82) is 0 Å². The molecule has 0 saturated carbocycles. The van der Waals surface area contributed by atoms with Gasteiger partial charge in [0.05, 0.1) is 0 Å². The lowest BCUT2D eigenvalue weighted by Crippen LogP contribution is -2.45. The quantitative estimate of drug-likeness (QED) is 0.411. The molecule has 9 heteroatoms. The predicted molar refractivity (Wildman–Crippen MR) is 132 cm³/mol. The van der Waals surface area contributed by atoms with Gasteiger partial charge in [-0.15, -0.1) is 0 Å². The predicted octanol–water partition coefficient (Wildman–Crippen LogP) is 4.11. The number of rotatable bonds is 9. The Morgan fingerprint density at radius 2 is 1.64 bits per heavy atom. The highest BCUT2D eigenvalue weighted by Crippen LogP contribution is 2.23. The molecule has 1 heterocycles. The third-order valence-corrected chi connectivity index (χ3v) is 5.69. The van der Waals surface area contributed by atoms with Crippen LogP contribution in [0.25, 0.3) is 0 Å². The number of urea groups is 1. The SMILES string of the molecule is NCCCCC(NC(=O)Nc1ccc(Cl)cc1)C(=O)Nc1ccc(N2CCCCC2=O)cc1. The van der Waals surface area contributed by atoms with Crippen LogP contribution in [0, 0.1) is 0 Å². The number of amides is 4. The zero-order valence-electron chi connectivity index (χ0n) is 18.5. The van der Waals surface area contributed by atoms with Crippen LogP contribution in [-0.4, -0.2) is 37.0 Å². The van der Waals surface area contributed by atoms with Gasteiger partial charge in [0.2, 0.25) is 11.8 Å². The van der Waals surface area contributed by atoms with Gasteiger partial charge in [-0.2, -0.15) is 0 Å². The van der Waals surface area contributed by atoms with Crippen molar-refractivity contribution in [1.82, 2.24) is 5.32 Å². The first-order chi connectivity index (χ1) is 16.0. The molecule has 0 aromatic heterocycles. The van der Waals surface area contributed by atoms with E-state index in [0.29, 0.717) is 48.7 Å². The zero-order chi connectivity index (χ0) is 23.6. The molecular formula is C24H30ClN5O3. The van der Waals surface area contributed by atoms with Crippen molar-refractivity contribution in [2.45, 2.75) is 44.6 Å². The molecule has 0 spiro atoms. The van der Waals surface area contributed by atoms with Crippen molar-refractivity contribution >= 4 is 46.5 Å². The second-order valence-electron chi connectivity index (χ2n) is 7.98. The first-order valence-corrected chi connectivity index (χ1v) is 11.6. The van der Waals surface area contributed by atoms with E-state index in [1.807, 2.05) is 12.1 Å². The number of nitrogens with zero attached hydrogens (tertiary/aromatic N) is 1. The third kappa shape index (κ3) is 7.47. The van der Waals surface area contributed by atoms with Crippen LogP contribution < -0.4 is 26.6 Å². The van der Waals surface area contributed by atoms with E-state index in [4.69, 9.17) is 17.3 Å². The second kappa shape index (κ2) is 12.2. The second-order valence-corrected chi connectivity index (χ2v) is 8.42. The fourth-order valence-electron chi connectivity index (χ4n) is 3.65. The Labute approximate surface area is 198 Å². The standard InChI is InChI=1S/C24H30ClN5O3/c25-17-7-9-19(10-8-17)28-24(33)29-21(5-1-3-15-26)23(32)27-18-11-13-20(14-12-18)30-16-4-2-6-22(30)31/h7-14,21H,1-6,15-16,26H2,(H,27,32)(H2,28,29,33). The van der Waals surface area contributed by atoms with Crippen LogP contribution in [0.5, 0.6) is 0 Å². The summed E-state index contributed by atoms with van der Waals surface area (Å²) in [6, 6.07) is 12.7. The van der Waals surface area contributed by atoms with E-state index in [1.165, 1.54) is 0 Å². The highest BCUT2D eigenvalue weighted by molar-refractivity contribution is 6.30. The minimum Gasteiger partial charge on any atom is -0.330 e. The summed E-state index contributed by atoms with van der Waals surface area (Å²) in [5, 5.41) is 8.86. The molecule has 2 aromatic rings. The Morgan fingerprint density at radius 1 is 0.970 bits per heavy atom. The first kappa shape index (κ1) is 24.5. The summed E-state index contributed by atoms with van der Waals surface area (Å²) in [4.78, 5) is 39.2. The van der Waals surface area contributed by atoms with E-state index in [9.17, 15) is 14.4 Å². The first-order valence-electron chi connectivity index (χ1n) is 11.2. The number of halogens is 1. The van der Waals surface area contributed by atoms with Gasteiger partial charge in [-0.25, -0.2) is 4.79 Å². The molecule has 33 heavy (non-hydrogen) atoms. The van der Waals surface area contributed by atoms with Gasteiger partial charge in [-0.05, 0) is 87.2 Å². The average molecular weight is 472 g/mol. The largest absolute Gasteiger partial charge is 0.330 e. The fraction of sp³-hybridized carbons (Fsp3) is 0.375. The molecule has 3 rings (SSSR count). The smallest absolute Gasteiger partial charge is 0.319 e. The maximum atomic E-state index is 12.9. The van der Waals surface area contributed by atoms with Crippen LogP contribution in [0.15, 0.2) is 48.5 Å². The minimum absolute atomic E-state index is 0.119. The van der Waals surface area contributed by atoms with Crippen LogP contribution in [0.1, 0.15) is 38.5 Å². The van der Waals surface area contributed by atoms with E-state index in [0.717, 1.165) is 24.9 Å².